The fourth-order valence-corrected chi connectivity index (χ4v) is 2.81. The highest BCUT2D eigenvalue weighted by molar-refractivity contribution is 7.09. The Labute approximate surface area is 118 Å². The van der Waals surface area contributed by atoms with E-state index in [1.54, 1.807) is 11.3 Å². The van der Waals surface area contributed by atoms with Crippen molar-refractivity contribution >= 4 is 11.3 Å². The highest BCUT2D eigenvalue weighted by atomic mass is 32.1. The summed E-state index contributed by atoms with van der Waals surface area (Å²) in [5.41, 5.74) is 1.31. The van der Waals surface area contributed by atoms with Crippen LogP contribution < -0.4 is 5.32 Å². The maximum absolute atomic E-state index is 4.44. The van der Waals surface area contributed by atoms with Gasteiger partial charge < -0.3 is 9.88 Å². The molecule has 4 nitrogen and oxygen atoms in total. The molecule has 0 spiro atoms. The fourth-order valence-electron chi connectivity index (χ4n) is 1.99. The van der Waals surface area contributed by atoms with Gasteiger partial charge in [0.1, 0.15) is 5.01 Å². The summed E-state index contributed by atoms with van der Waals surface area (Å²) in [6.45, 7) is 9.53. The molecule has 0 radical (unpaired) electrons. The molecule has 0 amide bonds. The summed E-state index contributed by atoms with van der Waals surface area (Å²) in [7, 11) is 0. The second kappa shape index (κ2) is 5.84. The standard InChI is InChI=1S/C14H22N4S/c1-5-12(13-16-6-7-19-13)18-10-15-8-11(18)9-17-14(2,3)4/h6-8,10,12,17H,5,9H2,1-4H3. The molecule has 1 atom stereocenters. The molecule has 2 heterocycles. The molecule has 2 rings (SSSR count). The molecule has 0 aliphatic rings. The van der Waals surface area contributed by atoms with Gasteiger partial charge in [-0.3, -0.25) is 0 Å². The van der Waals surface area contributed by atoms with Crippen molar-refractivity contribution in [2.45, 2.75) is 52.2 Å². The van der Waals surface area contributed by atoms with Gasteiger partial charge in [0.15, 0.2) is 0 Å². The Morgan fingerprint density at radius 1 is 1.42 bits per heavy atom. The van der Waals surface area contributed by atoms with Crippen LogP contribution in [0.4, 0.5) is 0 Å². The molecule has 104 valence electrons. The largest absolute Gasteiger partial charge is 0.323 e. The summed E-state index contributed by atoms with van der Waals surface area (Å²) in [5.74, 6) is 0. The van der Waals surface area contributed by atoms with Crippen LogP contribution >= 0.6 is 11.3 Å². The maximum atomic E-state index is 4.44. The van der Waals surface area contributed by atoms with E-state index in [1.165, 1.54) is 5.69 Å². The molecule has 0 saturated heterocycles. The van der Waals surface area contributed by atoms with Crippen LogP contribution in [-0.4, -0.2) is 20.1 Å². The van der Waals surface area contributed by atoms with Crippen molar-refractivity contribution in [2.75, 3.05) is 0 Å². The topological polar surface area (TPSA) is 42.7 Å². The van der Waals surface area contributed by atoms with Gasteiger partial charge >= 0.3 is 0 Å². The second-order valence-corrected chi connectivity index (χ2v) is 6.62. The number of thiazole rings is 1. The number of hydrogen-bond acceptors (Lipinski definition) is 4. The number of nitrogens with zero attached hydrogens (tertiary/aromatic N) is 3. The summed E-state index contributed by atoms with van der Waals surface area (Å²) in [5, 5.41) is 6.69. The van der Waals surface area contributed by atoms with Crippen LogP contribution in [0.1, 0.15) is 50.9 Å². The molecule has 2 aromatic heterocycles. The van der Waals surface area contributed by atoms with Crippen LogP contribution in [-0.2, 0) is 6.54 Å². The van der Waals surface area contributed by atoms with Gasteiger partial charge in [0.2, 0.25) is 0 Å². The van der Waals surface area contributed by atoms with Gasteiger partial charge in [-0.1, -0.05) is 6.92 Å². The van der Waals surface area contributed by atoms with Crippen molar-refractivity contribution in [3.8, 4) is 0 Å². The monoisotopic (exact) mass is 278 g/mol. The minimum absolute atomic E-state index is 0.109. The number of hydrogen-bond donors (Lipinski definition) is 1. The second-order valence-electron chi connectivity index (χ2n) is 5.69. The highest BCUT2D eigenvalue weighted by Gasteiger charge is 2.18. The van der Waals surface area contributed by atoms with Gasteiger partial charge in [0.05, 0.1) is 18.1 Å². The Morgan fingerprint density at radius 3 is 2.79 bits per heavy atom. The molecule has 2 aromatic rings. The molecule has 0 aromatic carbocycles. The first-order valence-corrected chi connectivity index (χ1v) is 7.54. The van der Waals surface area contributed by atoms with Gasteiger partial charge in [0, 0.05) is 29.9 Å². The lowest BCUT2D eigenvalue weighted by atomic mass is 10.1. The smallest absolute Gasteiger partial charge is 0.115 e. The van der Waals surface area contributed by atoms with Gasteiger partial charge in [-0.25, -0.2) is 9.97 Å². The zero-order valence-electron chi connectivity index (χ0n) is 12.1. The molecular weight excluding hydrogens is 256 g/mol. The van der Waals surface area contributed by atoms with Gasteiger partial charge in [-0.15, -0.1) is 11.3 Å². The predicted octanol–water partition coefficient (Wildman–Crippen LogP) is 3.23. The van der Waals surface area contributed by atoms with Crippen LogP contribution in [0.25, 0.3) is 0 Å². The molecular formula is C14H22N4S. The Bertz CT molecular complexity index is 496. The lowest BCUT2D eigenvalue weighted by Crippen LogP contribution is -2.35. The van der Waals surface area contributed by atoms with Crippen molar-refractivity contribution in [3.05, 3.63) is 34.8 Å². The Hall–Kier alpha value is -1.20. The zero-order chi connectivity index (χ0) is 13.9. The molecule has 0 saturated carbocycles. The summed E-state index contributed by atoms with van der Waals surface area (Å²) in [6.07, 6.45) is 6.74. The Morgan fingerprint density at radius 2 is 2.21 bits per heavy atom. The maximum Gasteiger partial charge on any atom is 0.115 e. The number of rotatable bonds is 5. The highest BCUT2D eigenvalue weighted by Crippen LogP contribution is 2.25. The van der Waals surface area contributed by atoms with E-state index in [-0.39, 0.29) is 5.54 Å². The van der Waals surface area contributed by atoms with E-state index in [4.69, 9.17) is 0 Å². The first kappa shape index (κ1) is 14.2. The van der Waals surface area contributed by atoms with Gasteiger partial charge in [0.25, 0.3) is 0 Å². The van der Waals surface area contributed by atoms with Gasteiger partial charge in [-0.2, -0.15) is 0 Å². The minimum Gasteiger partial charge on any atom is -0.323 e. The summed E-state index contributed by atoms with van der Waals surface area (Å²) in [6, 6.07) is 0.291. The average Bonchev–Trinajstić information content (AvgIpc) is 2.98. The number of nitrogens with one attached hydrogen (secondary N) is 1. The molecule has 0 aliphatic heterocycles. The van der Waals surface area contributed by atoms with Crippen molar-refractivity contribution in [1.29, 1.82) is 0 Å². The summed E-state index contributed by atoms with van der Waals surface area (Å²) >= 11 is 1.71. The minimum atomic E-state index is 0.109. The van der Waals surface area contributed by atoms with E-state index in [2.05, 4.69) is 47.5 Å². The van der Waals surface area contributed by atoms with E-state index in [9.17, 15) is 0 Å². The van der Waals surface area contributed by atoms with E-state index in [0.29, 0.717) is 6.04 Å². The van der Waals surface area contributed by atoms with Crippen molar-refractivity contribution in [3.63, 3.8) is 0 Å². The van der Waals surface area contributed by atoms with Crippen LogP contribution in [0.5, 0.6) is 0 Å². The van der Waals surface area contributed by atoms with E-state index < -0.39 is 0 Å². The Kier molecular flexibility index (Phi) is 4.37. The van der Waals surface area contributed by atoms with Crippen molar-refractivity contribution < 1.29 is 0 Å². The molecule has 19 heavy (non-hydrogen) atoms. The van der Waals surface area contributed by atoms with Crippen molar-refractivity contribution in [2.24, 2.45) is 0 Å². The third-order valence-corrected chi connectivity index (χ3v) is 3.88. The normalized spacial score (nSPS) is 13.7. The first-order chi connectivity index (χ1) is 9.01. The van der Waals surface area contributed by atoms with E-state index >= 15 is 0 Å². The Balaban J connectivity index is 2.18. The number of imidazole rings is 1. The third-order valence-electron chi connectivity index (χ3n) is 3.01. The third kappa shape index (κ3) is 3.64. The fraction of sp³-hybridized carbons (Fsp3) is 0.571. The van der Waals surface area contributed by atoms with Crippen LogP contribution in [0.2, 0.25) is 0 Å². The SMILES string of the molecule is CCC(c1nccs1)n1cncc1CNC(C)(C)C. The molecule has 1 N–H and O–H groups in total. The predicted molar refractivity (Wildman–Crippen MR) is 79.4 cm³/mol. The van der Waals surface area contributed by atoms with Crippen LogP contribution in [0, 0.1) is 0 Å². The lowest BCUT2D eigenvalue weighted by molar-refractivity contribution is 0.410. The van der Waals surface area contributed by atoms with Crippen LogP contribution in [0.3, 0.4) is 0 Å². The quantitative estimate of drug-likeness (QED) is 0.913. The molecule has 0 aliphatic carbocycles. The molecule has 0 fully saturated rings. The molecule has 5 heteroatoms. The number of aromatic nitrogens is 3. The summed E-state index contributed by atoms with van der Waals surface area (Å²) in [4.78, 5) is 8.74. The lowest BCUT2D eigenvalue weighted by Gasteiger charge is -2.23. The molecule has 0 bridgehead atoms. The molecule has 1 unspecified atom stereocenters. The van der Waals surface area contributed by atoms with E-state index in [1.807, 2.05) is 24.1 Å². The van der Waals surface area contributed by atoms with Gasteiger partial charge in [-0.05, 0) is 27.2 Å². The summed E-state index contributed by atoms with van der Waals surface area (Å²) < 4.78 is 2.23. The average molecular weight is 278 g/mol. The van der Waals surface area contributed by atoms with E-state index in [0.717, 1.165) is 18.0 Å². The first-order valence-electron chi connectivity index (χ1n) is 6.66. The van der Waals surface area contributed by atoms with Crippen LogP contribution in [0.15, 0.2) is 24.1 Å². The zero-order valence-corrected chi connectivity index (χ0v) is 12.9. The van der Waals surface area contributed by atoms with Crippen molar-refractivity contribution in [1.82, 2.24) is 19.9 Å².